The molecule has 160 valence electrons. The Hall–Kier alpha value is -2.57. The van der Waals surface area contributed by atoms with E-state index >= 15 is 0 Å². The lowest BCUT2D eigenvalue weighted by atomic mass is 9.71. The number of aromatic hydroxyl groups is 1. The predicted octanol–water partition coefficient (Wildman–Crippen LogP) is 3.13. The Balaban J connectivity index is 2.78. The van der Waals surface area contributed by atoms with Crippen molar-refractivity contribution in [3.63, 3.8) is 0 Å². The number of hydrogen-bond donors (Lipinski definition) is 3. The number of rotatable bonds is 8. The minimum atomic E-state index is -0.822. The Morgan fingerprint density at radius 3 is 1.55 bits per heavy atom. The summed E-state index contributed by atoms with van der Waals surface area (Å²) in [7, 11) is 0. The van der Waals surface area contributed by atoms with Gasteiger partial charge in [-0.25, -0.2) is 19.0 Å². The van der Waals surface area contributed by atoms with Gasteiger partial charge in [0.1, 0.15) is 5.75 Å². The summed E-state index contributed by atoms with van der Waals surface area (Å²) in [5.74, 6) is 0.300. The van der Waals surface area contributed by atoms with Crippen LogP contribution >= 0.6 is 0 Å². The highest BCUT2D eigenvalue weighted by Gasteiger charge is 2.33. The molecule has 0 fully saturated rings. The Kier molecular flexibility index (Phi) is 6.60. The molecule has 0 aliphatic heterocycles. The summed E-state index contributed by atoms with van der Waals surface area (Å²) in [5.41, 5.74) is -0.394. The van der Waals surface area contributed by atoms with Gasteiger partial charge in [0.05, 0.1) is 6.54 Å². The third kappa shape index (κ3) is 4.23. The molecule has 0 radical (unpaired) electrons. The minimum absolute atomic E-state index is 0.0121. The summed E-state index contributed by atoms with van der Waals surface area (Å²) in [6.45, 7) is 12.6. The lowest BCUT2D eigenvalue weighted by Gasteiger charge is -2.34. The molecule has 0 bridgehead atoms. The summed E-state index contributed by atoms with van der Waals surface area (Å²) in [4.78, 5) is 39.8. The molecule has 7 nitrogen and oxygen atoms in total. The minimum Gasteiger partial charge on any atom is -0.507 e. The molecule has 0 saturated carbocycles. The van der Waals surface area contributed by atoms with Gasteiger partial charge in [-0.15, -0.1) is 0 Å². The summed E-state index contributed by atoms with van der Waals surface area (Å²) in [6.07, 6.45) is 3.37. The van der Waals surface area contributed by atoms with E-state index in [1.54, 1.807) is 0 Å². The van der Waals surface area contributed by atoms with Crippen LogP contribution in [0.25, 0.3) is 0 Å². The van der Waals surface area contributed by atoms with Crippen molar-refractivity contribution in [2.24, 2.45) is 0 Å². The molecule has 7 heteroatoms. The van der Waals surface area contributed by atoms with Gasteiger partial charge < -0.3 is 5.11 Å². The van der Waals surface area contributed by atoms with E-state index in [2.05, 4.69) is 51.5 Å². The first-order chi connectivity index (χ1) is 13.5. The maximum atomic E-state index is 12.2. The second kappa shape index (κ2) is 8.43. The zero-order valence-electron chi connectivity index (χ0n) is 18.3. The topological polar surface area (TPSA) is 108 Å². The summed E-state index contributed by atoms with van der Waals surface area (Å²) >= 11 is 0. The fourth-order valence-electron chi connectivity index (χ4n) is 3.75. The second-order valence-corrected chi connectivity index (χ2v) is 8.35. The highest BCUT2D eigenvalue weighted by molar-refractivity contribution is 5.50. The van der Waals surface area contributed by atoms with Crippen molar-refractivity contribution in [1.29, 1.82) is 0 Å². The standard InChI is InChI=1S/C22H33N3O4/c1-7-21(5,8-2)15-11-14(12-16(17(15)26)22(6,9-3)10-4)13-25-19(28)23-18(27)24-20(25)29/h11-12,26H,7-10,13H2,1-6H3,(H2,23,24,27,28,29). The first-order valence-electron chi connectivity index (χ1n) is 10.4. The highest BCUT2D eigenvalue weighted by Crippen LogP contribution is 2.45. The van der Waals surface area contributed by atoms with E-state index < -0.39 is 17.1 Å². The third-order valence-corrected chi connectivity index (χ3v) is 6.86. The van der Waals surface area contributed by atoms with Crippen molar-refractivity contribution in [3.8, 4) is 5.75 Å². The Morgan fingerprint density at radius 1 is 0.828 bits per heavy atom. The molecule has 29 heavy (non-hydrogen) atoms. The van der Waals surface area contributed by atoms with Crippen LogP contribution in [0.5, 0.6) is 5.75 Å². The Morgan fingerprint density at radius 2 is 1.21 bits per heavy atom. The molecule has 1 aromatic heterocycles. The lowest BCUT2D eigenvalue weighted by molar-refractivity contribution is 0.368. The molecule has 1 heterocycles. The van der Waals surface area contributed by atoms with E-state index in [1.165, 1.54) is 0 Å². The van der Waals surface area contributed by atoms with Crippen molar-refractivity contribution in [3.05, 3.63) is 60.3 Å². The average molecular weight is 404 g/mol. The Bertz CT molecular complexity index is 964. The fraction of sp³-hybridized carbons (Fsp3) is 0.591. The number of hydrogen-bond acceptors (Lipinski definition) is 4. The van der Waals surface area contributed by atoms with Gasteiger partial charge in [0.15, 0.2) is 0 Å². The van der Waals surface area contributed by atoms with Crippen LogP contribution in [0.2, 0.25) is 0 Å². The summed E-state index contributed by atoms with van der Waals surface area (Å²) < 4.78 is 0.964. The summed E-state index contributed by atoms with van der Waals surface area (Å²) in [5, 5.41) is 11.2. The maximum Gasteiger partial charge on any atom is 0.333 e. The molecule has 0 amide bonds. The first kappa shape index (κ1) is 22.7. The molecule has 3 N–H and O–H groups in total. The Labute approximate surface area is 170 Å². The van der Waals surface area contributed by atoms with E-state index in [0.717, 1.165) is 46.9 Å². The van der Waals surface area contributed by atoms with Crippen LogP contribution in [0.15, 0.2) is 26.5 Å². The van der Waals surface area contributed by atoms with E-state index in [-0.39, 0.29) is 17.4 Å². The van der Waals surface area contributed by atoms with E-state index in [1.807, 2.05) is 12.1 Å². The SMILES string of the molecule is CCC(C)(CC)c1cc(Cn2c(=O)[nH]c(=O)[nH]c2=O)cc(C(C)(CC)CC)c1O. The fourth-order valence-corrected chi connectivity index (χ4v) is 3.75. The molecule has 2 rings (SSSR count). The number of phenols is 1. The predicted molar refractivity (Wildman–Crippen MR) is 115 cm³/mol. The smallest absolute Gasteiger partial charge is 0.333 e. The average Bonchev–Trinajstić information content (AvgIpc) is 2.70. The van der Waals surface area contributed by atoms with Crippen LogP contribution in [0, 0.1) is 0 Å². The number of nitrogens with zero attached hydrogens (tertiary/aromatic N) is 1. The normalized spacial score (nSPS) is 12.3. The van der Waals surface area contributed by atoms with E-state index in [0.29, 0.717) is 5.75 Å². The van der Waals surface area contributed by atoms with Gasteiger partial charge in [-0.3, -0.25) is 9.97 Å². The molecule has 0 atom stereocenters. The van der Waals surface area contributed by atoms with Crippen molar-refractivity contribution in [1.82, 2.24) is 14.5 Å². The molecule has 0 saturated heterocycles. The molecule has 0 aliphatic rings. The van der Waals surface area contributed by atoms with Gasteiger partial charge in [0.2, 0.25) is 0 Å². The number of benzene rings is 1. The summed E-state index contributed by atoms with van der Waals surface area (Å²) in [6, 6.07) is 3.77. The third-order valence-electron chi connectivity index (χ3n) is 6.86. The van der Waals surface area contributed by atoms with Gasteiger partial charge in [-0.05, 0) is 54.2 Å². The van der Waals surface area contributed by atoms with Gasteiger partial charge in [0.25, 0.3) is 0 Å². The quantitative estimate of drug-likeness (QED) is 0.629. The molecule has 2 aromatic rings. The molecule has 0 spiro atoms. The number of phenolic OH excluding ortho intramolecular Hbond substituents is 1. The van der Waals surface area contributed by atoms with Crippen LogP contribution in [-0.2, 0) is 17.4 Å². The van der Waals surface area contributed by atoms with Crippen LogP contribution in [-0.4, -0.2) is 19.6 Å². The second-order valence-electron chi connectivity index (χ2n) is 8.35. The largest absolute Gasteiger partial charge is 0.507 e. The maximum absolute atomic E-state index is 12.2. The van der Waals surface area contributed by atoms with Crippen molar-refractivity contribution in [2.45, 2.75) is 84.6 Å². The highest BCUT2D eigenvalue weighted by atomic mass is 16.3. The molecule has 1 aromatic carbocycles. The number of H-pyrrole nitrogens is 2. The van der Waals surface area contributed by atoms with Gasteiger partial charge >= 0.3 is 17.1 Å². The van der Waals surface area contributed by atoms with Gasteiger partial charge in [-0.2, -0.15) is 0 Å². The van der Waals surface area contributed by atoms with Crippen molar-refractivity contribution in [2.75, 3.05) is 0 Å². The molecule has 0 unspecified atom stereocenters. The van der Waals surface area contributed by atoms with E-state index in [4.69, 9.17) is 0 Å². The van der Waals surface area contributed by atoms with Gasteiger partial charge in [0, 0.05) is 11.1 Å². The monoisotopic (exact) mass is 403 g/mol. The zero-order chi connectivity index (χ0) is 22.0. The lowest BCUT2D eigenvalue weighted by Crippen LogP contribution is -2.43. The van der Waals surface area contributed by atoms with Crippen LogP contribution < -0.4 is 17.1 Å². The van der Waals surface area contributed by atoms with Crippen LogP contribution in [0.1, 0.15) is 83.9 Å². The van der Waals surface area contributed by atoms with Crippen LogP contribution in [0.4, 0.5) is 0 Å². The molecule has 0 aliphatic carbocycles. The number of nitrogens with one attached hydrogen (secondary N) is 2. The number of aromatic amines is 2. The zero-order valence-corrected chi connectivity index (χ0v) is 18.3. The van der Waals surface area contributed by atoms with Crippen molar-refractivity contribution >= 4 is 0 Å². The molecular formula is C22H33N3O4. The number of aromatic nitrogens is 3. The molecular weight excluding hydrogens is 370 g/mol. The van der Waals surface area contributed by atoms with E-state index in [9.17, 15) is 19.5 Å². The first-order valence-corrected chi connectivity index (χ1v) is 10.4. The van der Waals surface area contributed by atoms with Gasteiger partial charge in [-0.1, -0.05) is 41.5 Å². The van der Waals surface area contributed by atoms with Crippen molar-refractivity contribution < 1.29 is 5.11 Å². The van der Waals surface area contributed by atoms with Crippen LogP contribution in [0.3, 0.4) is 0 Å².